The summed E-state index contributed by atoms with van der Waals surface area (Å²) >= 11 is 1.18. The van der Waals surface area contributed by atoms with Crippen LogP contribution in [0.25, 0.3) is 0 Å². The summed E-state index contributed by atoms with van der Waals surface area (Å²) in [7, 11) is -0.441. The van der Waals surface area contributed by atoms with Crippen LogP contribution in [0, 0.1) is 6.92 Å². The van der Waals surface area contributed by atoms with Crippen LogP contribution >= 0.6 is 11.9 Å². The number of benzene rings is 2. The van der Waals surface area contributed by atoms with Gasteiger partial charge in [-0.25, -0.2) is 8.42 Å². The lowest BCUT2D eigenvalue weighted by Gasteiger charge is -2.16. The van der Waals surface area contributed by atoms with Crippen LogP contribution in [0.2, 0.25) is 0 Å². The van der Waals surface area contributed by atoms with Crippen LogP contribution in [0.3, 0.4) is 0 Å². The Labute approximate surface area is 129 Å². The highest BCUT2D eigenvalue weighted by Crippen LogP contribution is 2.28. The maximum atomic E-state index is 12.5. The second kappa shape index (κ2) is 6.51. The zero-order chi connectivity index (χ0) is 15.5. The Morgan fingerprint density at radius 3 is 2.10 bits per heavy atom. The number of methoxy groups -OCH3 is 1. The number of sulfonamides is 1. The van der Waals surface area contributed by atoms with Gasteiger partial charge in [-0.1, -0.05) is 17.7 Å². The lowest BCUT2D eigenvalue weighted by Crippen LogP contribution is -2.20. The van der Waals surface area contributed by atoms with Crippen LogP contribution in [0.4, 0.5) is 0 Å². The van der Waals surface area contributed by atoms with Gasteiger partial charge in [0.1, 0.15) is 5.75 Å². The molecule has 112 valence electrons. The van der Waals surface area contributed by atoms with Crippen molar-refractivity contribution in [3.8, 4) is 5.75 Å². The van der Waals surface area contributed by atoms with Gasteiger partial charge in [-0.3, -0.25) is 0 Å². The van der Waals surface area contributed by atoms with Crippen LogP contribution in [0.1, 0.15) is 5.56 Å². The molecule has 0 amide bonds. The quantitative estimate of drug-likeness (QED) is 0.792. The van der Waals surface area contributed by atoms with E-state index >= 15 is 0 Å². The van der Waals surface area contributed by atoms with Crippen molar-refractivity contribution in [2.24, 2.45) is 0 Å². The minimum atomic E-state index is -3.53. The molecule has 0 fully saturated rings. The van der Waals surface area contributed by atoms with Crippen molar-refractivity contribution in [3.63, 3.8) is 0 Å². The summed E-state index contributed by atoms with van der Waals surface area (Å²) in [6.07, 6.45) is 0. The van der Waals surface area contributed by atoms with Crippen LogP contribution < -0.4 is 4.74 Å². The van der Waals surface area contributed by atoms with E-state index in [4.69, 9.17) is 4.74 Å². The first-order chi connectivity index (χ1) is 9.93. The smallest absolute Gasteiger partial charge is 0.252 e. The monoisotopic (exact) mass is 323 g/mol. The normalized spacial score (nSPS) is 11.6. The molecule has 2 rings (SSSR count). The Bertz CT molecular complexity index is 695. The highest BCUT2D eigenvalue weighted by atomic mass is 32.3. The first-order valence-electron chi connectivity index (χ1n) is 6.31. The van der Waals surface area contributed by atoms with Gasteiger partial charge in [-0.15, -0.1) is 3.71 Å². The highest BCUT2D eigenvalue weighted by Gasteiger charge is 2.21. The fourth-order valence-corrected chi connectivity index (χ4v) is 3.93. The van der Waals surface area contributed by atoms with Crippen molar-refractivity contribution in [2.75, 3.05) is 14.2 Å². The fraction of sp³-hybridized carbons (Fsp3) is 0.200. The molecule has 0 N–H and O–H groups in total. The summed E-state index contributed by atoms with van der Waals surface area (Å²) in [6, 6.07) is 14.1. The molecule has 0 aliphatic carbocycles. The number of aryl methyl sites for hydroxylation is 1. The molecular formula is C15H17NO3S2. The molecule has 0 saturated heterocycles. The first-order valence-corrected chi connectivity index (χ1v) is 8.52. The Kier molecular flexibility index (Phi) is 4.92. The molecule has 0 aliphatic rings. The molecule has 0 unspecified atom stereocenters. The van der Waals surface area contributed by atoms with E-state index in [1.165, 1.54) is 15.7 Å². The summed E-state index contributed by atoms with van der Waals surface area (Å²) in [6.45, 7) is 1.99. The van der Waals surface area contributed by atoms with Gasteiger partial charge in [0, 0.05) is 11.9 Å². The molecule has 21 heavy (non-hydrogen) atoms. The van der Waals surface area contributed by atoms with Gasteiger partial charge in [0.05, 0.1) is 12.0 Å². The Balaban J connectivity index is 2.19. The van der Waals surface area contributed by atoms with Gasteiger partial charge in [-0.05, 0) is 55.3 Å². The van der Waals surface area contributed by atoms with Gasteiger partial charge < -0.3 is 4.74 Å². The minimum Gasteiger partial charge on any atom is -0.497 e. The Morgan fingerprint density at radius 2 is 1.57 bits per heavy atom. The molecule has 0 atom stereocenters. The number of nitrogens with zero attached hydrogens (tertiary/aromatic N) is 1. The van der Waals surface area contributed by atoms with Crippen molar-refractivity contribution in [1.29, 1.82) is 0 Å². The molecule has 0 heterocycles. The standard InChI is InChI=1S/C15H17NO3S2/c1-12-4-8-14(9-5-12)20-16(2)21(17,18)15-10-6-13(19-3)7-11-15/h4-11H,1-3H3. The maximum Gasteiger partial charge on any atom is 0.252 e. The topological polar surface area (TPSA) is 46.6 Å². The van der Waals surface area contributed by atoms with E-state index in [2.05, 4.69) is 0 Å². The predicted molar refractivity (Wildman–Crippen MR) is 85.0 cm³/mol. The molecule has 2 aromatic carbocycles. The highest BCUT2D eigenvalue weighted by molar-refractivity contribution is 8.08. The molecule has 4 nitrogen and oxygen atoms in total. The Morgan fingerprint density at radius 1 is 1.00 bits per heavy atom. The van der Waals surface area contributed by atoms with Crippen molar-refractivity contribution in [2.45, 2.75) is 16.7 Å². The van der Waals surface area contributed by atoms with E-state index < -0.39 is 10.0 Å². The third kappa shape index (κ3) is 3.78. The first kappa shape index (κ1) is 15.9. The molecule has 0 bridgehead atoms. The lowest BCUT2D eigenvalue weighted by molar-refractivity contribution is 0.414. The van der Waals surface area contributed by atoms with Crippen molar-refractivity contribution in [1.82, 2.24) is 3.71 Å². The molecular weight excluding hydrogens is 306 g/mol. The van der Waals surface area contributed by atoms with E-state index in [1.807, 2.05) is 31.2 Å². The molecule has 0 radical (unpaired) electrons. The predicted octanol–water partition coefficient (Wildman–Crippen LogP) is 3.33. The zero-order valence-corrected chi connectivity index (χ0v) is 13.7. The second-order valence-electron chi connectivity index (χ2n) is 4.49. The fourth-order valence-electron chi connectivity index (χ4n) is 1.69. The third-order valence-corrected chi connectivity index (χ3v) is 6.05. The van der Waals surface area contributed by atoms with Crippen molar-refractivity contribution >= 4 is 22.0 Å². The van der Waals surface area contributed by atoms with Gasteiger partial charge >= 0.3 is 0 Å². The van der Waals surface area contributed by atoms with Crippen LogP contribution in [-0.2, 0) is 10.0 Å². The minimum absolute atomic E-state index is 0.241. The third-order valence-electron chi connectivity index (χ3n) is 2.95. The molecule has 0 aliphatic heterocycles. The van der Waals surface area contributed by atoms with E-state index in [0.29, 0.717) is 5.75 Å². The lowest BCUT2D eigenvalue weighted by atomic mass is 10.2. The van der Waals surface area contributed by atoms with Gasteiger partial charge in [0.2, 0.25) is 0 Å². The summed E-state index contributed by atoms with van der Waals surface area (Å²) in [5, 5.41) is 0. The molecule has 0 aromatic heterocycles. The van der Waals surface area contributed by atoms with E-state index in [0.717, 1.165) is 10.5 Å². The summed E-state index contributed by atoms with van der Waals surface area (Å²) in [5.74, 6) is 0.628. The summed E-state index contributed by atoms with van der Waals surface area (Å²) in [4.78, 5) is 1.12. The SMILES string of the molecule is COc1ccc(S(=O)(=O)N(C)Sc2ccc(C)cc2)cc1. The Hall–Kier alpha value is -1.50. The van der Waals surface area contributed by atoms with Crippen LogP contribution in [-0.4, -0.2) is 26.3 Å². The second-order valence-corrected chi connectivity index (χ2v) is 7.90. The van der Waals surface area contributed by atoms with E-state index in [9.17, 15) is 8.42 Å². The largest absolute Gasteiger partial charge is 0.497 e. The van der Waals surface area contributed by atoms with E-state index in [1.54, 1.807) is 38.4 Å². The number of rotatable bonds is 5. The van der Waals surface area contributed by atoms with Gasteiger partial charge in [0.25, 0.3) is 10.0 Å². The average molecular weight is 323 g/mol. The van der Waals surface area contributed by atoms with Crippen LogP contribution in [0.15, 0.2) is 58.3 Å². The van der Waals surface area contributed by atoms with Crippen LogP contribution in [0.5, 0.6) is 5.75 Å². The number of ether oxygens (including phenoxy) is 1. The summed E-state index contributed by atoms with van der Waals surface area (Å²) < 4.78 is 31.2. The average Bonchev–Trinajstić information content (AvgIpc) is 2.49. The number of hydrogen-bond donors (Lipinski definition) is 0. The zero-order valence-electron chi connectivity index (χ0n) is 12.1. The molecule has 0 saturated carbocycles. The van der Waals surface area contributed by atoms with E-state index in [-0.39, 0.29) is 4.90 Å². The molecule has 0 spiro atoms. The molecule has 6 heteroatoms. The summed E-state index contributed by atoms with van der Waals surface area (Å²) in [5.41, 5.74) is 1.14. The molecule has 2 aromatic rings. The van der Waals surface area contributed by atoms with Gasteiger partial charge in [-0.2, -0.15) is 0 Å². The van der Waals surface area contributed by atoms with Crippen molar-refractivity contribution < 1.29 is 13.2 Å². The van der Waals surface area contributed by atoms with Gasteiger partial charge in [0.15, 0.2) is 0 Å². The van der Waals surface area contributed by atoms with Crippen molar-refractivity contribution in [3.05, 3.63) is 54.1 Å². The maximum absolute atomic E-state index is 12.5. The number of hydrogen-bond acceptors (Lipinski definition) is 4.